The number of alkyl halides is 12. The fourth-order valence-electron chi connectivity index (χ4n) is 6.12. The van der Waals surface area contributed by atoms with Crippen LogP contribution in [0.25, 0.3) is 22.6 Å². The third-order valence-electron chi connectivity index (χ3n) is 10.7. The molecule has 72 heavy (non-hydrogen) atoms. The minimum Gasteiger partial charge on any atom is -0.465 e. The van der Waals surface area contributed by atoms with E-state index in [1.807, 2.05) is 27.7 Å². The van der Waals surface area contributed by atoms with Crippen molar-refractivity contribution in [2.45, 2.75) is 129 Å². The van der Waals surface area contributed by atoms with Crippen molar-refractivity contribution < 1.29 is 80.2 Å². The number of pyridine rings is 2. The molecule has 2 atom stereocenters. The molecule has 0 spiro atoms. The summed E-state index contributed by atoms with van der Waals surface area (Å²) in [4.78, 5) is 7.07. The summed E-state index contributed by atoms with van der Waals surface area (Å²) in [7, 11) is -0.893. The average molecular weight is 1070 g/mol. The van der Waals surface area contributed by atoms with Crippen LogP contribution in [0.1, 0.15) is 81.9 Å². The molecule has 1 aliphatic heterocycles. The summed E-state index contributed by atoms with van der Waals surface area (Å²) >= 11 is 5.61. The van der Waals surface area contributed by atoms with E-state index in [0.29, 0.717) is 16.2 Å². The smallest absolute Gasteiger partial charge is 0.465 e. The number of aromatic nitrogens is 10. The van der Waals surface area contributed by atoms with E-state index in [-0.39, 0.29) is 63.1 Å². The fraction of sp³-hybridized carbons (Fsp3) is 0.500. The van der Waals surface area contributed by atoms with E-state index in [4.69, 9.17) is 32.4 Å². The molecule has 9 rings (SSSR count). The number of hydrogen-bond donors (Lipinski definition) is 2. The van der Waals surface area contributed by atoms with E-state index >= 15 is 0 Å². The maximum atomic E-state index is 14.2. The van der Waals surface area contributed by atoms with Crippen LogP contribution in [0.3, 0.4) is 0 Å². The van der Waals surface area contributed by atoms with Crippen molar-refractivity contribution >= 4 is 35.5 Å². The van der Waals surface area contributed by atoms with Crippen LogP contribution < -0.4 is 26.4 Å². The molecule has 398 valence electrons. The van der Waals surface area contributed by atoms with Gasteiger partial charge in [0.15, 0.2) is 35.1 Å². The normalized spacial score (nSPS) is 20.5. The van der Waals surface area contributed by atoms with Crippen LogP contribution in [0, 0.1) is 11.6 Å². The minimum atomic E-state index is -4.84. The van der Waals surface area contributed by atoms with Crippen LogP contribution in [0.4, 0.5) is 61.5 Å². The highest BCUT2D eigenvalue weighted by atomic mass is 35.5. The third-order valence-corrected chi connectivity index (χ3v) is 10.9. The zero-order valence-electron chi connectivity index (χ0n) is 34.7. The van der Waals surface area contributed by atoms with E-state index < -0.39 is 108 Å². The fourth-order valence-corrected chi connectivity index (χ4v) is 6.25. The first-order valence-electron chi connectivity index (χ1n) is 19.1. The Hall–Kier alpha value is -5.79. The van der Waals surface area contributed by atoms with Gasteiger partial charge in [0.2, 0.25) is 5.82 Å². The van der Waals surface area contributed by atoms with Crippen LogP contribution in [0.2, 0.25) is 5.15 Å². The summed E-state index contributed by atoms with van der Waals surface area (Å²) in [6.07, 6.45) is -9.69. The van der Waals surface area contributed by atoms with Crippen molar-refractivity contribution in [1.29, 1.82) is 0 Å². The molecular weight excluding hydrogens is 1020 g/mol. The summed E-state index contributed by atoms with van der Waals surface area (Å²) in [5.41, 5.74) is 8.79. The zero-order valence-corrected chi connectivity index (χ0v) is 35.5. The van der Waals surface area contributed by atoms with Gasteiger partial charge < -0.3 is 18.8 Å². The number of rotatable bonds is 7. The highest BCUT2D eigenvalue weighted by Crippen LogP contribution is 2.53. The van der Waals surface area contributed by atoms with Crippen molar-refractivity contribution in [3.05, 3.63) is 77.2 Å². The lowest BCUT2D eigenvalue weighted by atomic mass is 9.80. The van der Waals surface area contributed by atoms with Crippen LogP contribution in [0.5, 0.6) is 11.8 Å². The van der Waals surface area contributed by atoms with Crippen LogP contribution in [-0.2, 0) is 21.4 Å². The van der Waals surface area contributed by atoms with Gasteiger partial charge in [-0.25, -0.2) is 18.7 Å². The first-order valence-corrected chi connectivity index (χ1v) is 19.5. The Balaban J connectivity index is 0.000000292. The van der Waals surface area contributed by atoms with Gasteiger partial charge >= 0.3 is 37.0 Å². The number of halogens is 15. The quantitative estimate of drug-likeness (QED) is 0.0664. The van der Waals surface area contributed by atoms with Crippen molar-refractivity contribution in [3.63, 3.8) is 0 Å². The second-order valence-corrected chi connectivity index (χ2v) is 16.5. The largest absolute Gasteiger partial charge is 0.496 e. The molecule has 2 saturated carbocycles. The first-order chi connectivity index (χ1) is 31.1. The first kappa shape index (κ1) is 60.5. The highest BCUT2D eigenvalue weighted by Gasteiger charge is 2.74. The molecular formula is C40H46BClF14N12O4. The van der Waals surface area contributed by atoms with E-state index in [2.05, 4.69) is 50.0 Å². The molecule has 0 aromatic carbocycles. The molecule has 3 fully saturated rings. The van der Waals surface area contributed by atoms with Gasteiger partial charge in [-0.3, -0.25) is 11.5 Å². The van der Waals surface area contributed by atoms with Gasteiger partial charge in [0.1, 0.15) is 5.15 Å². The minimum absolute atomic E-state index is 0. The Morgan fingerprint density at radius 2 is 1.10 bits per heavy atom. The second-order valence-electron chi connectivity index (χ2n) is 16.2. The lowest BCUT2D eigenvalue weighted by molar-refractivity contribution is -0.324. The highest BCUT2D eigenvalue weighted by molar-refractivity contribution is 6.62. The molecule has 3 aliphatic rings. The van der Waals surface area contributed by atoms with Crippen molar-refractivity contribution in [1.82, 2.24) is 49.6 Å². The number of nitrogens with zero attached hydrogens (tertiary/aromatic N) is 10. The Kier molecular flexibility index (Phi) is 17.0. The molecule has 6 aromatic rings. The predicted octanol–water partition coefficient (Wildman–Crippen LogP) is 9.03. The molecule has 6 aromatic heterocycles. The summed E-state index contributed by atoms with van der Waals surface area (Å²) in [6, 6.07) is 7.06. The summed E-state index contributed by atoms with van der Waals surface area (Å²) < 4.78 is 207. The van der Waals surface area contributed by atoms with E-state index in [9.17, 15) is 61.5 Å². The van der Waals surface area contributed by atoms with Gasteiger partial charge in [0.05, 0.1) is 29.7 Å². The maximum Gasteiger partial charge on any atom is 0.496 e. The van der Waals surface area contributed by atoms with Crippen LogP contribution in [-0.4, -0.2) is 104 Å². The van der Waals surface area contributed by atoms with Gasteiger partial charge in [-0.2, -0.15) is 71.9 Å². The number of fused-ring (bicyclic) bond motifs is 2. The Morgan fingerprint density at radius 1 is 0.653 bits per heavy atom. The second kappa shape index (κ2) is 20.3. The van der Waals surface area contributed by atoms with Gasteiger partial charge in [-0.05, 0) is 64.1 Å². The summed E-state index contributed by atoms with van der Waals surface area (Å²) in [5.74, 6) is -25.6. The molecule has 2 unspecified atom stereocenters. The SMILES string of the molecule is C.C.C.C.CC1(C)OB(c2cnc(OC3CC(F)(F)C3(F)F)c(F)c2)OC1(C)C.Fc1cc(-c2ccc3nnc(C(F)(F)F)n3n2)cnc1OC1CC(F)(F)C1(F)F.NC(N)(F)c1nnc2ccc(Cl)nn12. The molecule has 0 radical (unpaired) electrons. The van der Waals surface area contributed by atoms with Gasteiger partial charge in [0, 0.05) is 23.4 Å². The van der Waals surface area contributed by atoms with Crippen LogP contribution >= 0.6 is 11.6 Å². The molecule has 32 heteroatoms. The Morgan fingerprint density at radius 3 is 1.53 bits per heavy atom. The standard InChI is InChI=1S/C15H17BF5NO3.C15H7F8N5O.C6H6ClFN6.4CH4/c1-12(2)13(3,4)25-16(24-12)8-5-9(17)11(22-7-8)23-10-6-14(18,19)15(10,20)21;16-7-3-6(5-24-11(7)29-9-4-13(17,18)14(9,19)20)8-1-2-10-25-26-12(15(21,22)23)28(10)27-8;7-3-1-2-4-11-12-5(6(8,9)10)14(4)13-3;;;;/h5,7,10H,6H2,1-4H3;1-3,5,9H,4H2;1-2H,9-10H2;4*1H4. The summed E-state index contributed by atoms with van der Waals surface area (Å²) in [6.45, 7) is 7.25. The topological polar surface area (TPSA) is 201 Å². The summed E-state index contributed by atoms with van der Waals surface area (Å²) in [5, 5.41) is 21.0. The lowest BCUT2D eigenvalue weighted by Gasteiger charge is -2.42. The maximum absolute atomic E-state index is 14.2. The van der Waals surface area contributed by atoms with Gasteiger partial charge in [0.25, 0.3) is 23.5 Å². The third kappa shape index (κ3) is 11.2. The molecule has 0 amide bonds. The molecule has 7 heterocycles. The monoisotopic (exact) mass is 1070 g/mol. The molecule has 4 N–H and O–H groups in total. The van der Waals surface area contributed by atoms with Crippen molar-refractivity contribution in [3.8, 4) is 23.0 Å². The lowest BCUT2D eigenvalue weighted by Crippen LogP contribution is -2.64. The number of nitrogens with two attached hydrogens (primary N) is 2. The Bertz CT molecular complexity index is 2850. The average Bonchev–Trinajstić information content (AvgIpc) is 3.91. The van der Waals surface area contributed by atoms with Crippen molar-refractivity contribution in [2.24, 2.45) is 11.5 Å². The van der Waals surface area contributed by atoms with E-state index in [1.165, 1.54) is 18.2 Å². The number of ether oxygens (including phenoxy) is 2. The van der Waals surface area contributed by atoms with Crippen LogP contribution in [0.15, 0.2) is 48.8 Å². The van der Waals surface area contributed by atoms with Gasteiger partial charge in [-0.15, -0.1) is 20.4 Å². The molecule has 2 aliphatic carbocycles. The van der Waals surface area contributed by atoms with E-state index in [0.717, 1.165) is 29.0 Å². The molecule has 16 nitrogen and oxygen atoms in total. The Labute approximate surface area is 405 Å². The van der Waals surface area contributed by atoms with Crippen molar-refractivity contribution in [2.75, 3.05) is 0 Å². The predicted molar refractivity (Wildman–Crippen MR) is 231 cm³/mol. The number of hydrogen-bond acceptors (Lipinski definition) is 14. The molecule has 0 bridgehead atoms. The van der Waals surface area contributed by atoms with E-state index in [1.54, 1.807) is 0 Å². The molecule has 1 saturated heterocycles. The van der Waals surface area contributed by atoms with Gasteiger partial charge in [-0.1, -0.05) is 41.3 Å². The zero-order chi connectivity index (χ0) is 50.4.